The number of ether oxygens (including phenoxy) is 1. The van der Waals surface area contributed by atoms with Crippen LogP contribution in [-0.2, 0) is 6.42 Å². The van der Waals surface area contributed by atoms with Crippen LogP contribution >= 0.6 is 11.6 Å². The number of aromatic amines is 2. The highest BCUT2D eigenvalue weighted by atomic mass is 35.5. The molecule has 26 heavy (non-hydrogen) atoms. The van der Waals surface area contributed by atoms with Gasteiger partial charge in [-0.3, -0.25) is 4.99 Å². The zero-order valence-corrected chi connectivity index (χ0v) is 15.0. The Morgan fingerprint density at radius 3 is 2.73 bits per heavy atom. The van der Waals surface area contributed by atoms with Gasteiger partial charge in [0.1, 0.15) is 5.75 Å². The van der Waals surface area contributed by atoms with Gasteiger partial charge in [0.25, 0.3) is 0 Å². The van der Waals surface area contributed by atoms with Crippen LogP contribution in [0.2, 0.25) is 5.02 Å². The smallest absolute Gasteiger partial charge is 0.144 e. The van der Waals surface area contributed by atoms with E-state index in [2.05, 4.69) is 15.0 Å². The summed E-state index contributed by atoms with van der Waals surface area (Å²) in [5.74, 6) is 0.787. The van der Waals surface area contributed by atoms with Crippen LogP contribution in [0.15, 0.2) is 71.0 Å². The summed E-state index contributed by atoms with van der Waals surface area (Å²) in [6, 6.07) is 13.9. The first-order valence-corrected chi connectivity index (χ1v) is 8.71. The van der Waals surface area contributed by atoms with Crippen molar-refractivity contribution in [3.63, 3.8) is 0 Å². The molecule has 0 saturated heterocycles. The average molecular weight is 364 g/mol. The van der Waals surface area contributed by atoms with Crippen LogP contribution in [0.1, 0.15) is 11.3 Å². The number of H-pyrrole nitrogens is 2. The Kier molecular flexibility index (Phi) is 4.50. The maximum absolute atomic E-state index is 5.97. The van der Waals surface area contributed by atoms with E-state index < -0.39 is 0 Å². The van der Waals surface area contributed by atoms with Gasteiger partial charge < -0.3 is 14.7 Å². The molecule has 0 saturated carbocycles. The van der Waals surface area contributed by atoms with Crippen molar-refractivity contribution in [3.8, 4) is 17.1 Å². The maximum Gasteiger partial charge on any atom is 0.144 e. The Morgan fingerprint density at radius 2 is 2.00 bits per heavy atom. The number of hydrogen-bond acceptors (Lipinski definition) is 2. The van der Waals surface area contributed by atoms with E-state index in [1.807, 2.05) is 67.0 Å². The predicted octanol–water partition coefficient (Wildman–Crippen LogP) is 5.27. The SMILES string of the molecule is COc1cc(-c2ccc[nH]2)[nH]c1/C=C1\N=CC=C1Cc1ccc(Cl)cc1. The molecule has 0 aliphatic carbocycles. The Balaban J connectivity index is 1.62. The fraction of sp³-hybridized carbons (Fsp3) is 0.0952. The molecule has 4 nitrogen and oxygen atoms in total. The lowest BCUT2D eigenvalue weighted by molar-refractivity contribution is 0.414. The van der Waals surface area contributed by atoms with Crippen molar-refractivity contribution in [1.29, 1.82) is 0 Å². The first-order valence-electron chi connectivity index (χ1n) is 8.33. The van der Waals surface area contributed by atoms with Crippen LogP contribution in [0, 0.1) is 0 Å². The van der Waals surface area contributed by atoms with Gasteiger partial charge in [-0.05, 0) is 54.0 Å². The van der Waals surface area contributed by atoms with Gasteiger partial charge in [-0.1, -0.05) is 23.7 Å². The number of methoxy groups -OCH3 is 1. The molecule has 2 N–H and O–H groups in total. The minimum absolute atomic E-state index is 0.745. The molecule has 5 heteroatoms. The molecule has 2 aromatic heterocycles. The van der Waals surface area contributed by atoms with Crippen LogP contribution in [0.25, 0.3) is 17.5 Å². The van der Waals surface area contributed by atoms with Crippen LogP contribution < -0.4 is 4.74 Å². The average Bonchev–Trinajstić information content (AvgIpc) is 3.38. The van der Waals surface area contributed by atoms with Gasteiger partial charge >= 0.3 is 0 Å². The highest BCUT2D eigenvalue weighted by Gasteiger charge is 2.14. The van der Waals surface area contributed by atoms with E-state index in [1.165, 1.54) is 5.56 Å². The molecule has 3 aromatic rings. The summed E-state index contributed by atoms with van der Waals surface area (Å²) in [7, 11) is 1.67. The van der Waals surface area contributed by atoms with Gasteiger partial charge in [-0.2, -0.15) is 0 Å². The van der Waals surface area contributed by atoms with Crippen molar-refractivity contribution in [2.45, 2.75) is 6.42 Å². The molecular formula is C21H18ClN3O. The first-order chi connectivity index (χ1) is 12.7. The fourth-order valence-corrected chi connectivity index (χ4v) is 3.11. The lowest BCUT2D eigenvalue weighted by atomic mass is 10.0. The molecule has 1 aromatic carbocycles. The minimum Gasteiger partial charge on any atom is -0.494 e. The van der Waals surface area contributed by atoms with Crippen molar-refractivity contribution in [1.82, 2.24) is 9.97 Å². The second-order valence-electron chi connectivity index (χ2n) is 6.05. The van der Waals surface area contributed by atoms with E-state index in [4.69, 9.17) is 16.3 Å². The third-order valence-electron chi connectivity index (χ3n) is 4.33. The monoisotopic (exact) mass is 363 g/mol. The van der Waals surface area contributed by atoms with Crippen molar-refractivity contribution in [3.05, 3.63) is 82.3 Å². The van der Waals surface area contributed by atoms with Gasteiger partial charge in [0.2, 0.25) is 0 Å². The summed E-state index contributed by atoms with van der Waals surface area (Å²) in [5.41, 5.74) is 6.17. The standard InChI is InChI=1S/C21H18ClN3O/c1-26-21-13-19(17-3-2-9-23-17)25-20(21)12-18-15(8-10-24-18)11-14-4-6-16(22)7-5-14/h2-10,12-13,23,25H,11H2,1H3/b18-12-. The van der Waals surface area contributed by atoms with Crippen LogP contribution in [-0.4, -0.2) is 23.3 Å². The molecular weight excluding hydrogens is 346 g/mol. The second-order valence-corrected chi connectivity index (χ2v) is 6.49. The van der Waals surface area contributed by atoms with Crippen LogP contribution in [0.4, 0.5) is 0 Å². The van der Waals surface area contributed by atoms with E-state index in [1.54, 1.807) is 7.11 Å². The Bertz CT molecular complexity index is 993. The largest absolute Gasteiger partial charge is 0.494 e. The third kappa shape index (κ3) is 3.37. The molecule has 0 fully saturated rings. The second kappa shape index (κ2) is 7.10. The molecule has 0 radical (unpaired) electrons. The minimum atomic E-state index is 0.745. The Morgan fingerprint density at radius 1 is 1.15 bits per heavy atom. The highest BCUT2D eigenvalue weighted by molar-refractivity contribution is 6.30. The van der Waals surface area contributed by atoms with Crippen LogP contribution in [0.5, 0.6) is 5.75 Å². The molecule has 4 rings (SSSR count). The van der Waals surface area contributed by atoms with Gasteiger partial charge in [-0.15, -0.1) is 0 Å². The van der Waals surface area contributed by atoms with Gasteiger partial charge in [0, 0.05) is 23.5 Å². The zero-order valence-electron chi connectivity index (χ0n) is 14.3. The van der Waals surface area contributed by atoms with E-state index in [0.717, 1.165) is 45.5 Å². The predicted molar refractivity (Wildman–Crippen MR) is 107 cm³/mol. The Hall–Kier alpha value is -2.98. The first kappa shape index (κ1) is 16.5. The topological polar surface area (TPSA) is 53.2 Å². The summed E-state index contributed by atoms with van der Waals surface area (Å²) in [6.07, 6.45) is 8.60. The van der Waals surface area contributed by atoms with Crippen molar-refractivity contribution in [2.24, 2.45) is 4.99 Å². The van der Waals surface area contributed by atoms with E-state index >= 15 is 0 Å². The van der Waals surface area contributed by atoms with Crippen molar-refractivity contribution >= 4 is 23.9 Å². The Labute approximate surface area is 156 Å². The zero-order chi connectivity index (χ0) is 17.9. The number of aromatic nitrogens is 2. The van der Waals surface area contributed by atoms with Crippen LogP contribution in [0.3, 0.4) is 0 Å². The number of hydrogen-bond donors (Lipinski definition) is 2. The molecule has 0 spiro atoms. The number of benzene rings is 1. The number of nitrogens with one attached hydrogen (secondary N) is 2. The lowest BCUT2D eigenvalue weighted by Gasteiger charge is -2.05. The van der Waals surface area contributed by atoms with Gasteiger partial charge in [0.05, 0.1) is 29.9 Å². The number of allylic oxidation sites excluding steroid dienone is 2. The molecule has 0 amide bonds. The molecule has 0 bridgehead atoms. The fourth-order valence-electron chi connectivity index (χ4n) is 2.98. The lowest BCUT2D eigenvalue weighted by Crippen LogP contribution is -1.92. The van der Waals surface area contributed by atoms with Gasteiger partial charge in [-0.25, -0.2) is 0 Å². The summed E-state index contributed by atoms with van der Waals surface area (Å²) in [6.45, 7) is 0. The quantitative estimate of drug-likeness (QED) is 0.637. The van der Waals surface area contributed by atoms with E-state index in [0.29, 0.717) is 0 Å². The molecule has 130 valence electrons. The maximum atomic E-state index is 5.97. The summed E-state index contributed by atoms with van der Waals surface area (Å²) >= 11 is 5.97. The number of aliphatic imine (C=N–C) groups is 1. The highest BCUT2D eigenvalue weighted by Crippen LogP contribution is 2.31. The van der Waals surface area contributed by atoms with Crippen molar-refractivity contribution < 1.29 is 4.74 Å². The van der Waals surface area contributed by atoms with E-state index in [-0.39, 0.29) is 0 Å². The normalized spacial score (nSPS) is 14.8. The third-order valence-corrected chi connectivity index (χ3v) is 4.58. The van der Waals surface area contributed by atoms with Gasteiger partial charge in [0.15, 0.2) is 0 Å². The summed E-state index contributed by atoms with van der Waals surface area (Å²) in [5, 5.41) is 0.745. The molecule has 0 unspecified atom stereocenters. The van der Waals surface area contributed by atoms with Crippen molar-refractivity contribution in [2.75, 3.05) is 7.11 Å². The number of nitrogens with zero attached hydrogens (tertiary/aromatic N) is 1. The summed E-state index contributed by atoms with van der Waals surface area (Å²) in [4.78, 5) is 11.1. The summed E-state index contributed by atoms with van der Waals surface area (Å²) < 4.78 is 5.53. The number of halogens is 1. The molecule has 1 aliphatic heterocycles. The molecule has 0 atom stereocenters. The molecule has 1 aliphatic rings. The molecule has 3 heterocycles. The number of rotatable bonds is 5. The van der Waals surface area contributed by atoms with E-state index in [9.17, 15) is 0 Å².